The molecule has 1 N–H and O–H groups in total. The van der Waals surface area contributed by atoms with E-state index in [1.54, 1.807) is 42.5 Å². The Labute approximate surface area is 191 Å². The summed E-state index contributed by atoms with van der Waals surface area (Å²) in [5.74, 6) is 0.695. The van der Waals surface area contributed by atoms with Gasteiger partial charge in [0.1, 0.15) is 5.75 Å². The van der Waals surface area contributed by atoms with Crippen LogP contribution < -0.4 is 10.3 Å². The van der Waals surface area contributed by atoms with Crippen LogP contribution in [0, 0.1) is 6.92 Å². The average Bonchev–Trinajstić information content (AvgIpc) is 3.28. The Bertz CT molecular complexity index is 1380. The molecule has 0 radical (unpaired) electrons. The van der Waals surface area contributed by atoms with E-state index >= 15 is 0 Å². The Balaban J connectivity index is 1.75. The summed E-state index contributed by atoms with van der Waals surface area (Å²) in [7, 11) is -3.82. The number of fused-ring (bicyclic) bond motifs is 1. The van der Waals surface area contributed by atoms with Crippen LogP contribution in [0.25, 0.3) is 10.9 Å². The summed E-state index contributed by atoms with van der Waals surface area (Å²) in [5.41, 5.74) is 1.72. The Morgan fingerprint density at radius 1 is 1.03 bits per heavy atom. The van der Waals surface area contributed by atoms with Crippen molar-refractivity contribution in [3.05, 3.63) is 92.4 Å². The third-order valence-corrected chi connectivity index (χ3v) is 7.79. The summed E-state index contributed by atoms with van der Waals surface area (Å²) in [5, 5.41) is 2.69. The van der Waals surface area contributed by atoms with Gasteiger partial charge in [-0.15, -0.1) is 11.3 Å². The number of hydrogen-bond acceptors (Lipinski definition) is 5. The maximum Gasteiger partial charge on any atom is 0.252 e. The van der Waals surface area contributed by atoms with Crippen LogP contribution in [-0.2, 0) is 23.1 Å². The van der Waals surface area contributed by atoms with Gasteiger partial charge in [0.25, 0.3) is 5.56 Å². The van der Waals surface area contributed by atoms with Crippen LogP contribution in [0.3, 0.4) is 0 Å². The normalized spacial score (nSPS) is 11.8. The molecule has 0 saturated heterocycles. The first-order chi connectivity index (χ1) is 15.4. The van der Waals surface area contributed by atoms with E-state index in [1.165, 1.54) is 15.6 Å². The number of pyridine rings is 1. The van der Waals surface area contributed by atoms with Gasteiger partial charge in [-0.3, -0.25) is 4.79 Å². The number of nitrogens with zero attached hydrogens (tertiary/aromatic N) is 1. The fraction of sp³-hybridized carbons (Fsp3) is 0.208. The molecule has 8 heteroatoms. The highest BCUT2D eigenvalue weighted by atomic mass is 32.2. The van der Waals surface area contributed by atoms with Gasteiger partial charge >= 0.3 is 0 Å². The standard InChI is InChI=1S/C24H24N2O4S2/c1-3-30-20-8-11-23-18(14-20)13-19(24(27)25-23)15-26(16-21-5-4-12-31-21)32(28,29)22-9-6-17(2)7-10-22/h4-14H,3,15-16H2,1-2H3,(H,25,27). The Hall–Kier alpha value is -2.94. The Kier molecular flexibility index (Phi) is 6.45. The van der Waals surface area contributed by atoms with Gasteiger partial charge in [0.2, 0.25) is 10.0 Å². The number of nitrogens with one attached hydrogen (secondary N) is 1. The number of aromatic amines is 1. The lowest BCUT2D eigenvalue weighted by atomic mass is 10.1. The number of ether oxygens (including phenoxy) is 1. The van der Waals surface area contributed by atoms with Crippen LogP contribution in [0.5, 0.6) is 5.75 Å². The minimum atomic E-state index is -3.82. The van der Waals surface area contributed by atoms with E-state index < -0.39 is 10.0 Å². The van der Waals surface area contributed by atoms with Crippen molar-refractivity contribution in [1.29, 1.82) is 0 Å². The summed E-state index contributed by atoms with van der Waals surface area (Å²) in [6, 6.07) is 17.7. The van der Waals surface area contributed by atoms with E-state index in [0.717, 1.165) is 15.8 Å². The summed E-state index contributed by atoms with van der Waals surface area (Å²) in [6.45, 7) is 4.49. The second-order valence-corrected chi connectivity index (χ2v) is 10.4. The summed E-state index contributed by atoms with van der Waals surface area (Å²) in [6.07, 6.45) is 0. The van der Waals surface area contributed by atoms with Gasteiger partial charge in [0.05, 0.1) is 11.5 Å². The molecule has 0 aliphatic carbocycles. The molecule has 0 fully saturated rings. The molecule has 0 saturated carbocycles. The van der Waals surface area contributed by atoms with Crippen molar-refractivity contribution in [3.8, 4) is 5.75 Å². The minimum Gasteiger partial charge on any atom is -0.494 e. The molecule has 166 valence electrons. The largest absolute Gasteiger partial charge is 0.494 e. The van der Waals surface area contributed by atoms with E-state index in [-0.39, 0.29) is 23.5 Å². The molecule has 2 aromatic carbocycles. The number of rotatable bonds is 8. The molecule has 2 heterocycles. The molecule has 0 spiro atoms. The van der Waals surface area contributed by atoms with Crippen molar-refractivity contribution in [2.75, 3.05) is 6.61 Å². The molecule has 0 amide bonds. The first kappa shape index (κ1) is 22.3. The van der Waals surface area contributed by atoms with E-state index in [2.05, 4.69) is 4.98 Å². The quantitative estimate of drug-likeness (QED) is 0.407. The molecule has 0 aliphatic rings. The number of thiophene rings is 1. The molecule has 0 aliphatic heterocycles. The zero-order valence-corrected chi connectivity index (χ0v) is 19.5. The molecule has 0 unspecified atom stereocenters. The van der Waals surface area contributed by atoms with Crippen LogP contribution in [-0.4, -0.2) is 24.3 Å². The van der Waals surface area contributed by atoms with Gasteiger partial charge in [-0.1, -0.05) is 23.8 Å². The maximum absolute atomic E-state index is 13.5. The SMILES string of the molecule is CCOc1ccc2[nH]c(=O)c(CN(Cc3cccs3)S(=O)(=O)c3ccc(C)cc3)cc2c1. The number of aryl methyl sites for hydroxylation is 1. The van der Waals surface area contributed by atoms with E-state index in [9.17, 15) is 13.2 Å². The topological polar surface area (TPSA) is 79.5 Å². The fourth-order valence-electron chi connectivity index (χ4n) is 3.46. The van der Waals surface area contributed by atoms with E-state index in [0.29, 0.717) is 23.4 Å². The number of aromatic nitrogens is 1. The predicted molar refractivity (Wildman–Crippen MR) is 128 cm³/mol. The lowest BCUT2D eigenvalue weighted by molar-refractivity contribution is 0.340. The number of hydrogen-bond donors (Lipinski definition) is 1. The number of benzene rings is 2. The fourth-order valence-corrected chi connectivity index (χ4v) is 5.65. The van der Waals surface area contributed by atoms with Gasteiger partial charge in [0.15, 0.2) is 0 Å². The predicted octanol–water partition coefficient (Wildman–Crippen LogP) is 4.69. The average molecular weight is 469 g/mol. The Morgan fingerprint density at radius 2 is 1.81 bits per heavy atom. The highest BCUT2D eigenvalue weighted by molar-refractivity contribution is 7.89. The van der Waals surface area contributed by atoms with Gasteiger partial charge in [-0.25, -0.2) is 8.42 Å². The van der Waals surface area contributed by atoms with E-state index in [4.69, 9.17) is 4.74 Å². The summed E-state index contributed by atoms with van der Waals surface area (Å²) < 4.78 is 33.9. The number of H-pyrrole nitrogens is 1. The van der Waals surface area contributed by atoms with Crippen LogP contribution in [0.2, 0.25) is 0 Å². The molecular weight excluding hydrogens is 444 g/mol. The third kappa shape index (κ3) is 4.77. The monoisotopic (exact) mass is 468 g/mol. The van der Waals surface area contributed by atoms with Crippen molar-refractivity contribution >= 4 is 32.3 Å². The second-order valence-electron chi connectivity index (χ2n) is 7.47. The lowest BCUT2D eigenvalue weighted by Gasteiger charge is -2.22. The first-order valence-corrected chi connectivity index (χ1v) is 12.6. The molecule has 0 bridgehead atoms. The molecule has 4 aromatic rings. The highest BCUT2D eigenvalue weighted by Gasteiger charge is 2.26. The van der Waals surface area contributed by atoms with Crippen LogP contribution in [0.1, 0.15) is 22.9 Å². The molecule has 2 aromatic heterocycles. The smallest absolute Gasteiger partial charge is 0.252 e. The van der Waals surface area contributed by atoms with E-state index in [1.807, 2.05) is 37.4 Å². The highest BCUT2D eigenvalue weighted by Crippen LogP contribution is 2.24. The lowest BCUT2D eigenvalue weighted by Crippen LogP contribution is -2.32. The van der Waals surface area contributed by atoms with Crippen LogP contribution in [0.15, 0.2) is 75.7 Å². The van der Waals surface area contributed by atoms with Crippen molar-refractivity contribution < 1.29 is 13.2 Å². The molecule has 4 rings (SSSR count). The second kappa shape index (κ2) is 9.28. The molecular formula is C24H24N2O4S2. The van der Waals surface area contributed by atoms with Gasteiger partial charge in [-0.2, -0.15) is 4.31 Å². The Morgan fingerprint density at radius 3 is 2.50 bits per heavy atom. The van der Waals surface area contributed by atoms with Crippen LogP contribution >= 0.6 is 11.3 Å². The van der Waals surface area contributed by atoms with Crippen molar-refractivity contribution in [3.63, 3.8) is 0 Å². The summed E-state index contributed by atoms with van der Waals surface area (Å²) >= 11 is 1.48. The molecule has 6 nitrogen and oxygen atoms in total. The van der Waals surface area contributed by atoms with Crippen molar-refractivity contribution in [2.24, 2.45) is 0 Å². The third-order valence-electron chi connectivity index (χ3n) is 5.12. The van der Waals surface area contributed by atoms with Gasteiger partial charge in [0, 0.05) is 34.4 Å². The minimum absolute atomic E-state index is 0.0434. The van der Waals surface area contributed by atoms with Crippen molar-refractivity contribution in [1.82, 2.24) is 9.29 Å². The maximum atomic E-state index is 13.5. The van der Waals surface area contributed by atoms with Crippen LogP contribution in [0.4, 0.5) is 0 Å². The summed E-state index contributed by atoms with van der Waals surface area (Å²) in [4.78, 5) is 16.7. The zero-order chi connectivity index (χ0) is 22.7. The molecule has 32 heavy (non-hydrogen) atoms. The molecule has 0 atom stereocenters. The zero-order valence-electron chi connectivity index (χ0n) is 17.9. The van der Waals surface area contributed by atoms with Crippen molar-refractivity contribution in [2.45, 2.75) is 31.8 Å². The van der Waals surface area contributed by atoms with Gasteiger partial charge in [-0.05, 0) is 61.7 Å². The van der Waals surface area contributed by atoms with Gasteiger partial charge < -0.3 is 9.72 Å². The number of sulfonamides is 1. The first-order valence-electron chi connectivity index (χ1n) is 10.2.